The summed E-state index contributed by atoms with van der Waals surface area (Å²) >= 11 is 0. The van der Waals surface area contributed by atoms with Gasteiger partial charge in [0, 0.05) is 18.7 Å². The Balaban J connectivity index is 2.35. The zero-order valence-corrected chi connectivity index (χ0v) is 14.5. The number of nitrogens with one attached hydrogen (secondary N) is 1. The average Bonchev–Trinajstić information content (AvgIpc) is 2.54. The Morgan fingerprint density at radius 3 is 2.33 bits per heavy atom. The molecule has 0 spiro atoms. The zero-order chi connectivity index (χ0) is 17.9. The van der Waals surface area contributed by atoms with E-state index in [0.717, 1.165) is 4.31 Å². The van der Waals surface area contributed by atoms with Gasteiger partial charge in [-0.3, -0.25) is 9.10 Å². The van der Waals surface area contributed by atoms with E-state index >= 15 is 0 Å². The molecule has 1 N–H and O–H groups in total. The van der Waals surface area contributed by atoms with E-state index < -0.39 is 15.8 Å². The summed E-state index contributed by atoms with van der Waals surface area (Å²) in [6.07, 6.45) is 0. The molecule has 0 aliphatic carbocycles. The highest BCUT2D eigenvalue weighted by atomic mass is 32.2. The average molecular weight is 350 g/mol. The van der Waals surface area contributed by atoms with E-state index in [2.05, 4.69) is 5.32 Å². The minimum absolute atomic E-state index is 0.00858. The van der Waals surface area contributed by atoms with Gasteiger partial charge in [-0.15, -0.1) is 0 Å². The predicted molar refractivity (Wildman–Crippen MR) is 91.0 cm³/mol. The summed E-state index contributed by atoms with van der Waals surface area (Å²) in [6.45, 7) is 3.64. The van der Waals surface area contributed by atoms with Gasteiger partial charge in [0.15, 0.2) is 0 Å². The number of anilines is 1. The van der Waals surface area contributed by atoms with E-state index in [4.69, 9.17) is 0 Å². The van der Waals surface area contributed by atoms with Crippen LogP contribution in [0.3, 0.4) is 0 Å². The van der Waals surface area contributed by atoms with Crippen LogP contribution in [0.1, 0.15) is 24.2 Å². The predicted octanol–water partition coefficient (Wildman–Crippen LogP) is 2.79. The molecule has 0 bridgehead atoms. The number of carbonyl (C=O) groups excluding carboxylic acids is 1. The monoisotopic (exact) mass is 350 g/mol. The number of nitrogens with zero attached hydrogens (tertiary/aromatic N) is 1. The Bertz CT molecular complexity index is 833. The minimum atomic E-state index is -3.86. The summed E-state index contributed by atoms with van der Waals surface area (Å²) in [7, 11) is -2.48. The smallest absolute Gasteiger partial charge is 0.264 e. The third-order valence-electron chi connectivity index (χ3n) is 3.36. The lowest BCUT2D eigenvalue weighted by Crippen LogP contribution is -2.30. The second-order valence-electron chi connectivity index (χ2n) is 5.60. The normalized spacial score (nSPS) is 11.4. The van der Waals surface area contributed by atoms with Crippen molar-refractivity contribution < 1.29 is 17.6 Å². The van der Waals surface area contributed by atoms with E-state index in [1.165, 1.54) is 49.5 Å². The van der Waals surface area contributed by atoms with Crippen molar-refractivity contribution in [2.75, 3.05) is 11.4 Å². The first kappa shape index (κ1) is 17.9. The summed E-state index contributed by atoms with van der Waals surface area (Å²) in [5.41, 5.74) is 0.589. The number of benzene rings is 2. The van der Waals surface area contributed by atoms with Crippen molar-refractivity contribution in [3.05, 3.63) is 59.9 Å². The van der Waals surface area contributed by atoms with Crippen LogP contribution in [0.25, 0.3) is 0 Å². The van der Waals surface area contributed by atoms with Gasteiger partial charge in [-0.25, -0.2) is 12.8 Å². The molecule has 0 aromatic heterocycles. The molecule has 2 aromatic carbocycles. The van der Waals surface area contributed by atoms with Gasteiger partial charge in [0.1, 0.15) is 5.82 Å². The van der Waals surface area contributed by atoms with Crippen LogP contribution in [0.2, 0.25) is 0 Å². The number of amides is 1. The molecule has 0 fully saturated rings. The van der Waals surface area contributed by atoms with Crippen LogP contribution in [0.15, 0.2) is 53.4 Å². The summed E-state index contributed by atoms with van der Waals surface area (Å²) in [4.78, 5) is 12.0. The first-order valence-electron chi connectivity index (χ1n) is 7.37. The molecular formula is C17H19FN2O3S. The summed E-state index contributed by atoms with van der Waals surface area (Å²) < 4.78 is 39.5. The number of carbonyl (C=O) groups is 1. The molecule has 1 amide bonds. The number of rotatable bonds is 5. The second kappa shape index (κ2) is 7.00. The van der Waals surface area contributed by atoms with Crippen LogP contribution >= 0.6 is 0 Å². The molecule has 0 saturated carbocycles. The molecule has 7 heteroatoms. The molecule has 24 heavy (non-hydrogen) atoms. The summed E-state index contributed by atoms with van der Waals surface area (Å²) in [6, 6.07) is 10.9. The van der Waals surface area contributed by atoms with Crippen molar-refractivity contribution in [3.8, 4) is 0 Å². The standard InChI is InChI=1S/C17H19FN2O3S/c1-12(2)19-17(21)13-5-4-6-16(11-13)24(22,23)20(3)15-9-7-14(18)8-10-15/h4-12H,1-3H3,(H,19,21). The maximum absolute atomic E-state index is 13.0. The fourth-order valence-corrected chi connectivity index (χ4v) is 3.33. The Hall–Kier alpha value is -2.41. The Morgan fingerprint density at radius 2 is 1.75 bits per heavy atom. The van der Waals surface area contributed by atoms with E-state index in [1.807, 2.05) is 13.8 Å². The van der Waals surface area contributed by atoms with Crippen LogP contribution in [0.5, 0.6) is 0 Å². The van der Waals surface area contributed by atoms with Crippen molar-refractivity contribution in [2.45, 2.75) is 24.8 Å². The second-order valence-corrected chi connectivity index (χ2v) is 7.57. The van der Waals surface area contributed by atoms with Crippen LogP contribution < -0.4 is 9.62 Å². The van der Waals surface area contributed by atoms with E-state index in [0.29, 0.717) is 5.69 Å². The number of sulfonamides is 1. The third-order valence-corrected chi connectivity index (χ3v) is 5.15. The van der Waals surface area contributed by atoms with Crippen LogP contribution in [0, 0.1) is 5.82 Å². The minimum Gasteiger partial charge on any atom is -0.350 e. The topological polar surface area (TPSA) is 66.5 Å². The highest BCUT2D eigenvalue weighted by Crippen LogP contribution is 2.22. The highest BCUT2D eigenvalue weighted by molar-refractivity contribution is 7.92. The van der Waals surface area contributed by atoms with Gasteiger partial charge in [-0.2, -0.15) is 0 Å². The molecule has 128 valence electrons. The van der Waals surface area contributed by atoms with E-state index in [-0.39, 0.29) is 22.4 Å². The van der Waals surface area contributed by atoms with Crippen molar-refractivity contribution in [2.24, 2.45) is 0 Å². The maximum Gasteiger partial charge on any atom is 0.264 e. The molecule has 0 radical (unpaired) electrons. The van der Waals surface area contributed by atoms with Gasteiger partial charge < -0.3 is 5.32 Å². The molecule has 0 saturated heterocycles. The SMILES string of the molecule is CC(C)NC(=O)c1cccc(S(=O)(=O)N(C)c2ccc(F)cc2)c1. The van der Waals surface area contributed by atoms with Crippen molar-refractivity contribution in [1.29, 1.82) is 0 Å². The van der Waals surface area contributed by atoms with Crippen molar-refractivity contribution in [1.82, 2.24) is 5.32 Å². The molecule has 0 heterocycles. The number of halogens is 1. The summed E-state index contributed by atoms with van der Waals surface area (Å²) in [5, 5.41) is 2.72. The fourth-order valence-electron chi connectivity index (χ4n) is 2.09. The quantitative estimate of drug-likeness (QED) is 0.902. The lowest BCUT2D eigenvalue weighted by Gasteiger charge is -2.20. The molecule has 0 aliphatic rings. The molecule has 0 aliphatic heterocycles. The van der Waals surface area contributed by atoms with Crippen LogP contribution in [-0.2, 0) is 10.0 Å². The van der Waals surface area contributed by atoms with Gasteiger partial charge in [-0.1, -0.05) is 6.07 Å². The van der Waals surface area contributed by atoms with Gasteiger partial charge >= 0.3 is 0 Å². The largest absolute Gasteiger partial charge is 0.350 e. The van der Waals surface area contributed by atoms with Gasteiger partial charge in [0.2, 0.25) is 0 Å². The molecule has 0 unspecified atom stereocenters. The molecule has 5 nitrogen and oxygen atoms in total. The lowest BCUT2D eigenvalue weighted by molar-refractivity contribution is 0.0943. The Morgan fingerprint density at radius 1 is 1.12 bits per heavy atom. The third kappa shape index (κ3) is 3.91. The number of hydrogen-bond donors (Lipinski definition) is 1. The molecule has 2 aromatic rings. The fraction of sp³-hybridized carbons (Fsp3) is 0.235. The van der Waals surface area contributed by atoms with Crippen LogP contribution in [-0.4, -0.2) is 27.4 Å². The Labute approximate surface area is 141 Å². The maximum atomic E-state index is 13.0. The number of hydrogen-bond acceptors (Lipinski definition) is 3. The van der Waals surface area contributed by atoms with Gasteiger partial charge in [0.05, 0.1) is 10.6 Å². The molecular weight excluding hydrogens is 331 g/mol. The van der Waals surface area contributed by atoms with Gasteiger partial charge in [-0.05, 0) is 56.3 Å². The highest BCUT2D eigenvalue weighted by Gasteiger charge is 2.22. The lowest BCUT2D eigenvalue weighted by atomic mass is 10.2. The summed E-state index contributed by atoms with van der Waals surface area (Å²) in [5.74, 6) is -0.789. The Kier molecular flexibility index (Phi) is 5.23. The van der Waals surface area contributed by atoms with Gasteiger partial charge in [0.25, 0.3) is 15.9 Å². The first-order valence-corrected chi connectivity index (χ1v) is 8.81. The van der Waals surface area contributed by atoms with E-state index in [1.54, 1.807) is 6.07 Å². The molecule has 0 atom stereocenters. The van der Waals surface area contributed by atoms with Crippen LogP contribution in [0.4, 0.5) is 10.1 Å². The first-order chi connectivity index (χ1) is 11.2. The van der Waals surface area contributed by atoms with E-state index in [9.17, 15) is 17.6 Å². The van der Waals surface area contributed by atoms with Crippen molar-refractivity contribution >= 4 is 21.6 Å². The zero-order valence-electron chi connectivity index (χ0n) is 13.7. The molecule has 2 rings (SSSR count). The van der Waals surface area contributed by atoms with Crippen molar-refractivity contribution in [3.63, 3.8) is 0 Å².